The maximum Gasteiger partial charge on any atom is 0.396 e. The van der Waals surface area contributed by atoms with Crippen LogP contribution < -0.4 is 5.73 Å². The molecule has 2 N–H and O–H groups in total. The molecule has 0 saturated carbocycles. The van der Waals surface area contributed by atoms with Gasteiger partial charge in [0.05, 0.1) is 0 Å². The molecule has 18 heavy (non-hydrogen) atoms. The van der Waals surface area contributed by atoms with Crippen molar-refractivity contribution in [2.75, 3.05) is 5.73 Å². The van der Waals surface area contributed by atoms with Crippen LogP contribution in [0.25, 0.3) is 0 Å². The molecule has 0 spiro atoms. The topological polar surface area (TPSA) is 43.8 Å². The minimum absolute atomic E-state index is 0.0133. The van der Waals surface area contributed by atoms with Gasteiger partial charge in [-0.3, -0.25) is 0 Å². The summed E-state index contributed by atoms with van der Waals surface area (Å²) < 4.78 is 38.4. The zero-order valence-corrected chi connectivity index (χ0v) is 9.48. The molecule has 0 unspecified atom stereocenters. The summed E-state index contributed by atoms with van der Waals surface area (Å²) >= 11 is 0. The molecule has 0 aliphatic rings. The lowest BCUT2D eigenvalue weighted by Crippen LogP contribution is -2.16. The number of nitrogen functional groups attached to an aromatic ring is 1. The van der Waals surface area contributed by atoms with Gasteiger partial charge in [0.25, 0.3) is 0 Å². The number of aromatic nitrogens is 2. The summed E-state index contributed by atoms with van der Waals surface area (Å²) in [4.78, 5) is 3.73. The standard InChI is InChI=1S/C12H12F3N3/c13-12(14,15)7-11-17-5-6-18(11)8-9-1-3-10(16)4-2-9/h1-6H,7-8,16H2. The van der Waals surface area contributed by atoms with Gasteiger partial charge in [-0.1, -0.05) is 12.1 Å². The third-order valence-corrected chi connectivity index (χ3v) is 2.49. The van der Waals surface area contributed by atoms with E-state index in [-0.39, 0.29) is 5.82 Å². The number of hydrogen-bond acceptors (Lipinski definition) is 2. The van der Waals surface area contributed by atoms with E-state index in [4.69, 9.17) is 5.73 Å². The molecule has 0 aliphatic heterocycles. The number of alkyl halides is 3. The summed E-state index contributed by atoms with van der Waals surface area (Å²) in [5, 5.41) is 0. The van der Waals surface area contributed by atoms with Crippen LogP contribution in [0.4, 0.5) is 18.9 Å². The molecule has 0 amide bonds. The van der Waals surface area contributed by atoms with Crippen molar-refractivity contribution in [3.63, 3.8) is 0 Å². The molecule has 0 saturated heterocycles. The Bertz CT molecular complexity index is 514. The predicted molar refractivity (Wildman–Crippen MR) is 61.9 cm³/mol. The number of nitrogens with two attached hydrogens (primary N) is 1. The third kappa shape index (κ3) is 3.26. The van der Waals surface area contributed by atoms with Crippen molar-refractivity contribution in [3.8, 4) is 0 Å². The largest absolute Gasteiger partial charge is 0.399 e. The highest BCUT2D eigenvalue weighted by molar-refractivity contribution is 5.39. The molecule has 1 aromatic heterocycles. The molecule has 0 radical (unpaired) electrons. The molecule has 0 bridgehead atoms. The molecule has 0 atom stereocenters. The number of hydrogen-bond donors (Lipinski definition) is 1. The van der Waals surface area contributed by atoms with Crippen LogP contribution >= 0.6 is 0 Å². The van der Waals surface area contributed by atoms with Crippen molar-refractivity contribution >= 4 is 5.69 Å². The number of benzene rings is 1. The van der Waals surface area contributed by atoms with Gasteiger partial charge in [-0.05, 0) is 17.7 Å². The first-order valence-corrected chi connectivity index (χ1v) is 5.35. The molecule has 0 aliphatic carbocycles. The third-order valence-electron chi connectivity index (χ3n) is 2.49. The Kier molecular flexibility index (Phi) is 3.27. The lowest BCUT2D eigenvalue weighted by Gasteiger charge is -2.10. The second kappa shape index (κ2) is 4.72. The molecular weight excluding hydrogens is 243 g/mol. The fourth-order valence-electron chi connectivity index (χ4n) is 1.65. The second-order valence-electron chi connectivity index (χ2n) is 4.00. The molecule has 2 rings (SSSR count). The maximum atomic E-state index is 12.3. The van der Waals surface area contributed by atoms with E-state index in [1.54, 1.807) is 24.3 Å². The Morgan fingerprint density at radius 1 is 1.17 bits per heavy atom. The molecule has 2 aromatic rings. The van der Waals surface area contributed by atoms with Gasteiger partial charge in [0, 0.05) is 24.6 Å². The Labute approximate surface area is 102 Å². The maximum absolute atomic E-state index is 12.3. The highest BCUT2D eigenvalue weighted by Gasteiger charge is 2.29. The molecule has 96 valence electrons. The van der Waals surface area contributed by atoms with E-state index in [0.29, 0.717) is 12.2 Å². The van der Waals surface area contributed by atoms with Gasteiger partial charge in [-0.15, -0.1) is 0 Å². The van der Waals surface area contributed by atoms with Crippen molar-refractivity contribution in [3.05, 3.63) is 48.0 Å². The lowest BCUT2D eigenvalue weighted by molar-refractivity contribution is -0.128. The van der Waals surface area contributed by atoms with Crippen molar-refractivity contribution in [1.82, 2.24) is 9.55 Å². The average Bonchev–Trinajstić information content (AvgIpc) is 2.67. The summed E-state index contributed by atoms with van der Waals surface area (Å²) in [5.74, 6) is 0.0133. The van der Waals surface area contributed by atoms with Crippen molar-refractivity contribution in [2.24, 2.45) is 0 Å². The minimum atomic E-state index is -4.25. The van der Waals surface area contributed by atoms with Crippen molar-refractivity contribution in [2.45, 2.75) is 19.1 Å². The van der Waals surface area contributed by atoms with Gasteiger partial charge in [0.15, 0.2) is 0 Å². The summed E-state index contributed by atoms with van der Waals surface area (Å²) in [6.07, 6.45) is -2.35. The van der Waals surface area contributed by atoms with E-state index >= 15 is 0 Å². The highest BCUT2D eigenvalue weighted by Crippen LogP contribution is 2.20. The Morgan fingerprint density at radius 2 is 1.83 bits per heavy atom. The average molecular weight is 255 g/mol. The van der Waals surface area contributed by atoms with E-state index in [1.165, 1.54) is 17.0 Å². The number of rotatable bonds is 3. The number of halogens is 3. The monoisotopic (exact) mass is 255 g/mol. The molecule has 1 heterocycles. The van der Waals surface area contributed by atoms with E-state index in [9.17, 15) is 13.2 Å². The van der Waals surface area contributed by atoms with Crippen LogP contribution in [-0.2, 0) is 13.0 Å². The van der Waals surface area contributed by atoms with E-state index in [0.717, 1.165) is 5.56 Å². The van der Waals surface area contributed by atoms with Gasteiger partial charge >= 0.3 is 6.18 Å². The summed E-state index contributed by atoms with van der Waals surface area (Å²) in [5.41, 5.74) is 7.05. The van der Waals surface area contributed by atoms with E-state index in [1.807, 2.05) is 0 Å². The predicted octanol–water partition coefficient (Wildman–Crippen LogP) is 2.62. The van der Waals surface area contributed by atoms with Crippen molar-refractivity contribution < 1.29 is 13.2 Å². The highest BCUT2D eigenvalue weighted by atomic mass is 19.4. The smallest absolute Gasteiger partial charge is 0.396 e. The van der Waals surface area contributed by atoms with Crippen LogP contribution in [-0.4, -0.2) is 15.7 Å². The number of nitrogens with zero attached hydrogens (tertiary/aromatic N) is 2. The molecule has 0 fully saturated rings. The first-order valence-electron chi connectivity index (χ1n) is 5.35. The second-order valence-corrected chi connectivity index (χ2v) is 4.00. The van der Waals surface area contributed by atoms with Crippen LogP contribution in [0.3, 0.4) is 0 Å². The van der Waals surface area contributed by atoms with E-state index in [2.05, 4.69) is 4.98 Å². The molecule has 6 heteroatoms. The molecule has 3 nitrogen and oxygen atoms in total. The molecular formula is C12H12F3N3. The Hall–Kier alpha value is -1.98. The molecule has 1 aromatic carbocycles. The van der Waals surface area contributed by atoms with Crippen molar-refractivity contribution in [1.29, 1.82) is 0 Å². The van der Waals surface area contributed by atoms with Gasteiger partial charge in [0.1, 0.15) is 12.2 Å². The van der Waals surface area contributed by atoms with Crippen LogP contribution in [0.5, 0.6) is 0 Å². The van der Waals surface area contributed by atoms with Gasteiger partial charge < -0.3 is 10.3 Å². The van der Waals surface area contributed by atoms with Gasteiger partial charge in [-0.2, -0.15) is 13.2 Å². The fourth-order valence-corrected chi connectivity index (χ4v) is 1.65. The summed E-state index contributed by atoms with van der Waals surface area (Å²) in [6, 6.07) is 7.00. The van der Waals surface area contributed by atoms with Gasteiger partial charge in [0.2, 0.25) is 0 Å². The first kappa shape index (κ1) is 12.5. The first-order chi connectivity index (χ1) is 8.44. The quantitative estimate of drug-likeness (QED) is 0.857. The SMILES string of the molecule is Nc1ccc(Cn2ccnc2CC(F)(F)F)cc1. The normalized spacial score (nSPS) is 11.7. The zero-order valence-electron chi connectivity index (χ0n) is 9.48. The fraction of sp³-hybridized carbons (Fsp3) is 0.250. The minimum Gasteiger partial charge on any atom is -0.399 e. The van der Waals surface area contributed by atoms with Crippen LogP contribution in [0, 0.1) is 0 Å². The summed E-state index contributed by atoms with van der Waals surface area (Å²) in [6.45, 7) is 0.353. The zero-order chi connectivity index (χ0) is 13.2. The number of imidazole rings is 1. The Balaban J connectivity index is 2.15. The lowest BCUT2D eigenvalue weighted by atomic mass is 10.2. The van der Waals surface area contributed by atoms with Crippen LogP contribution in [0.15, 0.2) is 36.7 Å². The Morgan fingerprint density at radius 3 is 2.44 bits per heavy atom. The van der Waals surface area contributed by atoms with Crippen LogP contribution in [0.2, 0.25) is 0 Å². The van der Waals surface area contributed by atoms with E-state index < -0.39 is 12.6 Å². The number of anilines is 1. The van der Waals surface area contributed by atoms with Gasteiger partial charge in [-0.25, -0.2) is 4.98 Å². The van der Waals surface area contributed by atoms with Crippen LogP contribution in [0.1, 0.15) is 11.4 Å². The summed E-state index contributed by atoms with van der Waals surface area (Å²) in [7, 11) is 0.